The highest BCUT2D eigenvalue weighted by molar-refractivity contribution is 7.14. The molecule has 0 aliphatic carbocycles. The molecule has 2 nitrogen and oxygen atoms in total. The number of benzene rings is 1. The number of H-pyrrole nitrogens is 1. The van der Waals surface area contributed by atoms with Crippen LogP contribution in [-0.2, 0) is 0 Å². The van der Waals surface area contributed by atoms with Gasteiger partial charge in [0.05, 0.1) is 15.4 Å². The molecular formula is C14H10ClNOS. The van der Waals surface area contributed by atoms with Crippen molar-refractivity contribution in [2.45, 2.75) is 6.92 Å². The number of nitrogens with one attached hydrogen (secondary N) is 1. The number of aromatic nitrogens is 1. The standard InChI is InChI=1S/C14H10ClNOS/c1-8-5-6-12(18-8)14(17)10-7-16-13-9(10)3-2-4-11(13)15/h2-7,16H,1H3. The molecule has 3 aromatic rings. The number of hydrogen-bond acceptors (Lipinski definition) is 2. The van der Waals surface area contributed by atoms with Crippen LogP contribution < -0.4 is 0 Å². The van der Waals surface area contributed by atoms with Gasteiger partial charge in [-0.3, -0.25) is 4.79 Å². The summed E-state index contributed by atoms with van der Waals surface area (Å²) in [7, 11) is 0. The van der Waals surface area contributed by atoms with Crippen molar-refractivity contribution < 1.29 is 4.79 Å². The molecule has 90 valence electrons. The molecule has 0 bridgehead atoms. The van der Waals surface area contributed by atoms with E-state index in [-0.39, 0.29) is 5.78 Å². The Morgan fingerprint density at radius 2 is 2.11 bits per heavy atom. The molecule has 0 atom stereocenters. The van der Waals surface area contributed by atoms with Gasteiger partial charge in [-0.25, -0.2) is 0 Å². The normalized spacial score (nSPS) is 11.0. The predicted molar refractivity (Wildman–Crippen MR) is 75.8 cm³/mol. The molecule has 0 radical (unpaired) electrons. The summed E-state index contributed by atoms with van der Waals surface area (Å²) in [6.45, 7) is 1.99. The molecule has 2 heterocycles. The Morgan fingerprint density at radius 3 is 2.83 bits per heavy atom. The Balaban J connectivity index is 2.15. The van der Waals surface area contributed by atoms with Gasteiger partial charge in [0.1, 0.15) is 0 Å². The number of thiophene rings is 1. The first-order chi connectivity index (χ1) is 8.66. The van der Waals surface area contributed by atoms with Gasteiger partial charge in [0.15, 0.2) is 0 Å². The third kappa shape index (κ3) is 1.76. The molecule has 0 saturated carbocycles. The molecule has 18 heavy (non-hydrogen) atoms. The summed E-state index contributed by atoms with van der Waals surface area (Å²) in [5.74, 6) is 0.0432. The van der Waals surface area contributed by atoms with E-state index in [4.69, 9.17) is 11.6 Å². The monoisotopic (exact) mass is 275 g/mol. The molecule has 0 spiro atoms. The zero-order valence-corrected chi connectivity index (χ0v) is 11.2. The molecule has 0 fully saturated rings. The maximum atomic E-state index is 12.4. The van der Waals surface area contributed by atoms with E-state index in [1.165, 1.54) is 11.3 Å². The van der Waals surface area contributed by atoms with Crippen LogP contribution in [0.15, 0.2) is 36.5 Å². The van der Waals surface area contributed by atoms with Crippen molar-refractivity contribution in [1.29, 1.82) is 0 Å². The zero-order chi connectivity index (χ0) is 12.7. The minimum atomic E-state index is 0.0432. The van der Waals surface area contributed by atoms with E-state index >= 15 is 0 Å². The average Bonchev–Trinajstić information content (AvgIpc) is 2.95. The van der Waals surface area contributed by atoms with Gasteiger partial charge in [0, 0.05) is 22.0 Å². The van der Waals surface area contributed by atoms with Crippen molar-refractivity contribution in [3.8, 4) is 0 Å². The summed E-state index contributed by atoms with van der Waals surface area (Å²) in [5.41, 5.74) is 1.49. The average molecular weight is 276 g/mol. The van der Waals surface area contributed by atoms with Gasteiger partial charge in [-0.1, -0.05) is 23.7 Å². The number of rotatable bonds is 2. The molecule has 0 unspecified atom stereocenters. The van der Waals surface area contributed by atoms with Crippen molar-refractivity contribution >= 4 is 39.6 Å². The molecule has 0 aliphatic rings. The molecule has 1 N–H and O–H groups in total. The molecule has 4 heteroatoms. The number of para-hydroxylation sites is 1. The maximum Gasteiger partial charge on any atom is 0.205 e. The number of carbonyl (C=O) groups is 1. The molecular weight excluding hydrogens is 266 g/mol. The van der Waals surface area contributed by atoms with E-state index in [9.17, 15) is 4.79 Å². The minimum Gasteiger partial charge on any atom is -0.359 e. The van der Waals surface area contributed by atoms with Gasteiger partial charge < -0.3 is 4.98 Å². The fraction of sp³-hybridized carbons (Fsp3) is 0.0714. The lowest BCUT2D eigenvalue weighted by atomic mass is 10.1. The topological polar surface area (TPSA) is 32.9 Å². The van der Waals surface area contributed by atoms with E-state index in [0.29, 0.717) is 10.6 Å². The van der Waals surface area contributed by atoms with Crippen LogP contribution in [0.2, 0.25) is 5.02 Å². The van der Waals surface area contributed by atoms with Crippen molar-refractivity contribution in [2.75, 3.05) is 0 Å². The Kier molecular flexibility index (Phi) is 2.73. The fourth-order valence-electron chi connectivity index (χ4n) is 1.99. The van der Waals surface area contributed by atoms with Crippen LogP contribution in [0.3, 0.4) is 0 Å². The van der Waals surface area contributed by atoms with Crippen molar-refractivity contribution in [1.82, 2.24) is 4.98 Å². The van der Waals surface area contributed by atoms with Crippen molar-refractivity contribution in [2.24, 2.45) is 0 Å². The lowest BCUT2D eigenvalue weighted by Gasteiger charge is -1.97. The van der Waals surface area contributed by atoms with Gasteiger partial charge in [-0.05, 0) is 25.1 Å². The van der Waals surface area contributed by atoms with Crippen LogP contribution in [0.25, 0.3) is 10.9 Å². The van der Waals surface area contributed by atoms with Crippen LogP contribution >= 0.6 is 22.9 Å². The van der Waals surface area contributed by atoms with E-state index < -0.39 is 0 Å². The highest BCUT2D eigenvalue weighted by atomic mass is 35.5. The van der Waals surface area contributed by atoms with Gasteiger partial charge in [-0.2, -0.15) is 0 Å². The number of fused-ring (bicyclic) bond motifs is 1. The lowest BCUT2D eigenvalue weighted by Crippen LogP contribution is -1.96. The first kappa shape index (κ1) is 11.5. The molecule has 0 aliphatic heterocycles. The summed E-state index contributed by atoms with van der Waals surface area (Å²) < 4.78 is 0. The Hall–Kier alpha value is -1.58. The molecule has 0 saturated heterocycles. The third-order valence-corrected chi connectivity index (χ3v) is 4.19. The zero-order valence-electron chi connectivity index (χ0n) is 9.66. The van der Waals surface area contributed by atoms with Crippen molar-refractivity contribution in [3.63, 3.8) is 0 Å². The van der Waals surface area contributed by atoms with Crippen molar-refractivity contribution in [3.05, 3.63) is 56.9 Å². The maximum absolute atomic E-state index is 12.4. The van der Waals surface area contributed by atoms with E-state index in [1.54, 1.807) is 6.20 Å². The summed E-state index contributed by atoms with van der Waals surface area (Å²) in [6, 6.07) is 9.40. The summed E-state index contributed by atoms with van der Waals surface area (Å²) in [5, 5.41) is 1.51. The Labute approximate surface area is 113 Å². The minimum absolute atomic E-state index is 0.0432. The second kappa shape index (κ2) is 4.26. The second-order valence-corrected chi connectivity index (χ2v) is 5.80. The molecule has 2 aromatic heterocycles. The molecule has 0 amide bonds. The highest BCUT2D eigenvalue weighted by Gasteiger charge is 2.16. The van der Waals surface area contributed by atoms with E-state index in [1.807, 2.05) is 37.3 Å². The second-order valence-electron chi connectivity index (χ2n) is 4.10. The Morgan fingerprint density at radius 1 is 1.28 bits per heavy atom. The number of carbonyl (C=O) groups excluding carboxylic acids is 1. The molecule has 3 rings (SSSR count). The first-order valence-electron chi connectivity index (χ1n) is 5.53. The van der Waals surface area contributed by atoms with E-state index in [2.05, 4.69) is 4.98 Å². The number of halogens is 1. The number of hydrogen-bond donors (Lipinski definition) is 1. The van der Waals surface area contributed by atoms with Gasteiger partial charge in [0.2, 0.25) is 5.78 Å². The molecule has 1 aromatic carbocycles. The number of aryl methyl sites for hydroxylation is 1. The highest BCUT2D eigenvalue weighted by Crippen LogP contribution is 2.28. The van der Waals surface area contributed by atoms with Crippen LogP contribution in [0.4, 0.5) is 0 Å². The summed E-state index contributed by atoms with van der Waals surface area (Å²) in [4.78, 5) is 17.4. The number of ketones is 1. The van der Waals surface area contributed by atoms with Crippen LogP contribution in [0.5, 0.6) is 0 Å². The summed E-state index contributed by atoms with van der Waals surface area (Å²) >= 11 is 7.60. The SMILES string of the molecule is Cc1ccc(C(=O)c2c[nH]c3c(Cl)cccc23)s1. The smallest absolute Gasteiger partial charge is 0.205 e. The van der Waals surface area contributed by atoms with Crippen LogP contribution in [-0.4, -0.2) is 10.8 Å². The van der Waals surface area contributed by atoms with Gasteiger partial charge in [0.25, 0.3) is 0 Å². The fourth-order valence-corrected chi connectivity index (χ4v) is 3.05. The largest absolute Gasteiger partial charge is 0.359 e. The quantitative estimate of drug-likeness (QED) is 0.690. The van der Waals surface area contributed by atoms with Gasteiger partial charge in [-0.15, -0.1) is 11.3 Å². The number of aromatic amines is 1. The predicted octanol–water partition coefficient (Wildman–Crippen LogP) is 4.42. The van der Waals surface area contributed by atoms with Crippen LogP contribution in [0, 0.1) is 6.92 Å². The van der Waals surface area contributed by atoms with Crippen LogP contribution in [0.1, 0.15) is 20.1 Å². The Bertz CT molecular complexity index is 741. The third-order valence-electron chi connectivity index (χ3n) is 2.87. The summed E-state index contributed by atoms with van der Waals surface area (Å²) in [6.07, 6.45) is 1.73. The van der Waals surface area contributed by atoms with E-state index in [0.717, 1.165) is 20.7 Å². The first-order valence-corrected chi connectivity index (χ1v) is 6.73. The van der Waals surface area contributed by atoms with Gasteiger partial charge >= 0.3 is 0 Å². The lowest BCUT2D eigenvalue weighted by molar-refractivity contribution is 0.104.